The minimum absolute atomic E-state index is 0.0418. The molecule has 3 aliphatic carbocycles. The molecule has 0 N–H and O–H groups in total. The van der Waals surface area contributed by atoms with Gasteiger partial charge < -0.3 is 0 Å². The lowest BCUT2D eigenvalue weighted by Gasteiger charge is -2.63. The van der Waals surface area contributed by atoms with Gasteiger partial charge in [0.1, 0.15) is 0 Å². The van der Waals surface area contributed by atoms with Crippen LogP contribution >= 0.6 is 0 Å². The molecule has 0 amide bonds. The molecule has 6 heteroatoms. The second-order valence-electron chi connectivity index (χ2n) is 7.20. The van der Waals surface area contributed by atoms with Crippen molar-refractivity contribution in [2.24, 2.45) is 11.3 Å². The summed E-state index contributed by atoms with van der Waals surface area (Å²) in [6.45, 7) is 0. The molecular formula is C17H16F3N3. The smallest absolute Gasteiger partial charge is 0.239 e. The quantitative estimate of drug-likeness (QED) is 0.850. The molecule has 6 rings (SSSR count). The molecule has 2 aromatic rings. The van der Waals surface area contributed by atoms with Crippen LogP contribution in [0.4, 0.5) is 13.2 Å². The number of nitrogens with zero attached hydrogens (tertiary/aromatic N) is 3. The van der Waals surface area contributed by atoms with Crippen molar-refractivity contribution in [2.45, 2.75) is 43.8 Å². The van der Waals surface area contributed by atoms with Crippen LogP contribution in [0.2, 0.25) is 0 Å². The molecule has 3 fully saturated rings. The van der Waals surface area contributed by atoms with Gasteiger partial charge in [0.05, 0.1) is 6.04 Å². The molecule has 1 aliphatic heterocycles. The van der Waals surface area contributed by atoms with Gasteiger partial charge in [-0.15, -0.1) is 5.10 Å². The van der Waals surface area contributed by atoms with Crippen LogP contribution < -0.4 is 0 Å². The van der Waals surface area contributed by atoms with E-state index in [1.54, 1.807) is 0 Å². The molecular weight excluding hydrogens is 303 g/mol. The fraction of sp³-hybridized carbons (Fsp3) is 0.529. The van der Waals surface area contributed by atoms with Gasteiger partial charge in [-0.3, -0.25) is 0 Å². The predicted molar refractivity (Wildman–Crippen MR) is 76.7 cm³/mol. The zero-order chi connectivity index (χ0) is 15.8. The Labute approximate surface area is 131 Å². The Bertz CT molecular complexity index is 754. The maximum atomic E-state index is 14.8. The summed E-state index contributed by atoms with van der Waals surface area (Å²) < 4.78 is 45.2. The van der Waals surface area contributed by atoms with Gasteiger partial charge in [0.2, 0.25) is 5.82 Å². The van der Waals surface area contributed by atoms with Crippen molar-refractivity contribution in [1.82, 2.24) is 14.8 Å². The monoisotopic (exact) mass is 319 g/mol. The van der Waals surface area contributed by atoms with Gasteiger partial charge in [-0.1, -0.05) is 30.3 Å². The van der Waals surface area contributed by atoms with Crippen LogP contribution in [-0.2, 0) is 5.92 Å². The zero-order valence-corrected chi connectivity index (χ0v) is 12.4. The van der Waals surface area contributed by atoms with E-state index < -0.39 is 23.3 Å². The molecule has 4 aliphatic rings. The number of fused-ring (bicyclic) bond motifs is 1. The Morgan fingerprint density at radius 2 is 1.83 bits per heavy atom. The summed E-state index contributed by atoms with van der Waals surface area (Å²) in [6, 6.07) is 8.96. The minimum atomic E-state index is -3.06. The summed E-state index contributed by atoms with van der Waals surface area (Å²) in [5, 5.41) is 4.06. The molecule has 1 aromatic carbocycles. The summed E-state index contributed by atoms with van der Waals surface area (Å²) in [4.78, 5) is 3.92. The summed E-state index contributed by atoms with van der Waals surface area (Å²) in [5.41, 5.74) is -0.0897. The van der Waals surface area contributed by atoms with Gasteiger partial charge in [0, 0.05) is 11.8 Å². The third-order valence-electron chi connectivity index (χ3n) is 5.83. The van der Waals surface area contributed by atoms with Crippen molar-refractivity contribution in [1.29, 1.82) is 0 Å². The standard InChI is InChI=1S/C17H16F3N3/c18-12-6-13(11-4-2-1-3-5-11)23-14(12)21-15(22-23)17(19,20)16-7-10(8-16)9-16/h1-5,10,12-13H,6-9H2. The Kier molecular flexibility index (Phi) is 2.46. The normalized spacial score (nSPS) is 34.7. The molecule has 0 spiro atoms. The topological polar surface area (TPSA) is 30.7 Å². The van der Waals surface area contributed by atoms with Crippen LogP contribution in [0.25, 0.3) is 0 Å². The van der Waals surface area contributed by atoms with E-state index in [0.717, 1.165) is 5.56 Å². The highest BCUT2D eigenvalue weighted by molar-refractivity contribution is 5.25. The molecule has 0 radical (unpaired) electrons. The molecule has 120 valence electrons. The number of hydrogen-bond acceptors (Lipinski definition) is 2. The van der Waals surface area contributed by atoms with Gasteiger partial charge in [0.15, 0.2) is 12.0 Å². The van der Waals surface area contributed by atoms with Gasteiger partial charge in [0.25, 0.3) is 0 Å². The van der Waals surface area contributed by atoms with Crippen molar-refractivity contribution in [3.63, 3.8) is 0 Å². The van der Waals surface area contributed by atoms with Gasteiger partial charge in [-0.05, 0) is 30.7 Å². The summed E-state index contributed by atoms with van der Waals surface area (Å²) in [7, 11) is 0. The minimum Gasteiger partial charge on any atom is -0.239 e. The van der Waals surface area contributed by atoms with Crippen molar-refractivity contribution >= 4 is 0 Å². The van der Waals surface area contributed by atoms with Crippen LogP contribution in [0.15, 0.2) is 30.3 Å². The van der Waals surface area contributed by atoms with Crippen molar-refractivity contribution in [2.75, 3.05) is 0 Å². The molecule has 2 heterocycles. The molecule has 2 atom stereocenters. The highest BCUT2D eigenvalue weighted by Gasteiger charge is 2.71. The summed E-state index contributed by atoms with van der Waals surface area (Å²) in [6.07, 6.45) is 0.504. The first-order valence-corrected chi connectivity index (χ1v) is 8.04. The molecule has 3 saturated carbocycles. The average molecular weight is 319 g/mol. The molecule has 3 nitrogen and oxygen atoms in total. The zero-order valence-electron chi connectivity index (χ0n) is 12.4. The third-order valence-corrected chi connectivity index (χ3v) is 5.83. The Morgan fingerprint density at radius 3 is 2.43 bits per heavy atom. The second kappa shape index (κ2) is 4.16. The lowest BCUT2D eigenvalue weighted by atomic mass is 9.42. The second-order valence-corrected chi connectivity index (χ2v) is 7.20. The van der Waals surface area contributed by atoms with E-state index in [-0.39, 0.29) is 18.3 Å². The van der Waals surface area contributed by atoms with Gasteiger partial charge in [-0.2, -0.15) is 8.78 Å². The first-order valence-electron chi connectivity index (χ1n) is 8.04. The molecule has 2 unspecified atom stereocenters. The van der Waals surface area contributed by atoms with E-state index in [2.05, 4.69) is 10.1 Å². The van der Waals surface area contributed by atoms with E-state index in [1.165, 1.54) is 4.68 Å². The number of benzene rings is 1. The summed E-state index contributed by atoms with van der Waals surface area (Å²) >= 11 is 0. The number of rotatable bonds is 3. The number of alkyl halides is 3. The van der Waals surface area contributed by atoms with E-state index in [1.807, 2.05) is 30.3 Å². The van der Waals surface area contributed by atoms with Crippen LogP contribution in [0.1, 0.15) is 55.1 Å². The van der Waals surface area contributed by atoms with E-state index in [4.69, 9.17) is 0 Å². The summed E-state index contributed by atoms with van der Waals surface area (Å²) in [5.74, 6) is -3.06. The molecule has 2 bridgehead atoms. The maximum absolute atomic E-state index is 14.8. The third kappa shape index (κ3) is 1.61. The largest absolute Gasteiger partial charge is 0.313 e. The SMILES string of the molecule is FC1CC(c2ccccc2)n2nc(C(F)(F)C34CC(C3)C4)nc21. The molecule has 23 heavy (non-hydrogen) atoms. The lowest BCUT2D eigenvalue weighted by molar-refractivity contribution is -0.274. The highest BCUT2D eigenvalue weighted by Crippen LogP contribution is 2.73. The van der Waals surface area contributed by atoms with Gasteiger partial charge in [-0.25, -0.2) is 14.1 Å². The van der Waals surface area contributed by atoms with Crippen molar-refractivity contribution in [3.8, 4) is 0 Å². The highest BCUT2D eigenvalue weighted by atomic mass is 19.3. The lowest BCUT2D eigenvalue weighted by Crippen LogP contribution is -2.60. The molecule has 1 aromatic heterocycles. The van der Waals surface area contributed by atoms with Gasteiger partial charge >= 0.3 is 5.92 Å². The van der Waals surface area contributed by atoms with E-state index in [0.29, 0.717) is 25.2 Å². The van der Waals surface area contributed by atoms with Crippen LogP contribution in [0.5, 0.6) is 0 Å². The van der Waals surface area contributed by atoms with Crippen LogP contribution in [-0.4, -0.2) is 14.8 Å². The fourth-order valence-electron chi connectivity index (χ4n) is 4.37. The van der Waals surface area contributed by atoms with Crippen LogP contribution in [0.3, 0.4) is 0 Å². The first-order chi connectivity index (χ1) is 11.0. The van der Waals surface area contributed by atoms with E-state index in [9.17, 15) is 13.2 Å². The number of halogens is 3. The Morgan fingerprint density at radius 1 is 1.13 bits per heavy atom. The Hall–Kier alpha value is -1.85. The van der Waals surface area contributed by atoms with Crippen molar-refractivity contribution < 1.29 is 13.2 Å². The Balaban J connectivity index is 1.54. The maximum Gasteiger partial charge on any atom is 0.313 e. The van der Waals surface area contributed by atoms with E-state index >= 15 is 0 Å². The number of aromatic nitrogens is 3. The molecule has 0 saturated heterocycles. The predicted octanol–water partition coefficient (Wildman–Crippen LogP) is 4.17. The van der Waals surface area contributed by atoms with Crippen molar-refractivity contribution in [3.05, 3.63) is 47.5 Å². The van der Waals surface area contributed by atoms with Crippen LogP contribution in [0, 0.1) is 11.3 Å². The first kappa shape index (κ1) is 13.6. The fourth-order valence-corrected chi connectivity index (χ4v) is 4.37. The number of hydrogen-bond donors (Lipinski definition) is 0. The average Bonchev–Trinajstić information content (AvgIpc) is 2.97.